The minimum absolute atomic E-state index is 1.14. The Labute approximate surface area is 329 Å². The lowest BCUT2D eigenvalue weighted by atomic mass is 9.82. The Bertz CT molecular complexity index is 3570. The molecule has 0 aliphatic rings. The highest BCUT2D eigenvalue weighted by molar-refractivity contribution is 6.27. The zero-order chi connectivity index (χ0) is 37.5. The number of nitrogens with zero attached hydrogens (tertiary/aromatic N) is 2. The van der Waals surface area contributed by atoms with Crippen LogP contribution in [-0.4, -0.2) is 9.55 Å². The molecule has 0 unspecified atom stereocenters. The van der Waals surface area contributed by atoms with Crippen molar-refractivity contribution in [2.24, 2.45) is 0 Å². The molecule has 57 heavy (non-hydrogen) atoms. The third-order valence-electron chi connectivity index (χ3n) is 12.0. The van der Waals surface area contributed by atoms with Gasteiger partial charge in [-0.3, -0.25) is 4.98 Å². The molecule has 0 saturated heterocycles. The number of aromatic nitrogens is 2. The number of hydrogen-bond donors (Lipinski definition) is 0. The van der Waals surface area contributed by atoms with E-state index in [4.69, 9.17) is 0 Å². The molecule has 12 aromatic rings. The summed E-state index contributed by atoms with van der Waals surface area (Å²) in [5.41, 5.74) is 10.8. The van der Waals surface area contributed by atoms with Crippen LogP contribution in [0.2, 0.25) is 0 Å². The van der Waals surface area contributed by atoms with E-state index in [0.29, 0.717) is 0 Å². The van der Waals surface area contributed by atoms with E-state index >= 15 is 0 Å². The summed E-state index contributed by atoms with van der Waals surface area (Å²) in [4.78, 5) is 4.58. The number of rotatable bonds is 4. The fourth-order valence-electron chi connectivity index (χ4n) is 9.54. The van der Waals surface area contributed by atoms with E-state index in [1.807, 2.05) is 12.4 Å². The summed E-state index contributed by atoms with van der Waals surface area (Å²) in [6, 6.07) is 71.5. The predicted octanol–water partition coefficient (Wildman–Crippen LogP) is 14.9. The quantitative estimate of drug-likeness (QED) is 0.131. The van der Waals surface area contributed by atoms with Crippen molar-refractivity contribution >= 4 is 75.7 Å². The SMILES string of the molecule is c1ccc(-n2c3ccncc3c3cc(-c4ccc5c(-c6cc7ccccc7c7ccccc67)c6ccccc6c(-c6cccc7ccccc67)c5c4)ccc32)cc1. The Hall–Kier alpha value is -7.55. The highest BCUT2D eigenvalue weighted by Gasteiger charge is 2.21. The lowest BCUT2D eigenvalue weighted by molar-refractivity contribution is 1.17. The van der Waals surface area contributed by atoms with Gasteiger partial charge in [-0.25, -0.2) is 0 Å². The van der Waals surface area contributed by atoms with E-state index in [1.165, 1.54) is 98.1 Å². The van der Waals surface area contributed by atoms with E-state index in [0.717, 1.165) is 16.6 Å². The fraction of sp³-hybridized carbons (Fsp3) is 0. The molecule has 0 fully saturated rings. The van der Waals surface area contributed by atoms with Gasteiger partial charge in [0.15, 0.2) is 0 Å². The molecule has 2 heteroatoms. The van der Waals surface area contributed by atoms with Crippen molar-refractivity contribution < 1.29 is 0 Å². The van der Waals surface area contributed by atoms with E-state index < -0.39 is 0 Å². The van der Waals surface area contributed by atoms with Crippen LogP contribution in [0, 0.1) is 0 Å². The molecule has 2 aromatic heterocycles. The molecule has 12 rings (SSSR count). The first-order valence-corrected chi connectivity index (χ1v) is 19.6. The molecule has 0 radical (unpaired) electrons. The topological polar surface area (TPSA) is 17.8 Å². The Kier molecular flexibility index (Phi) is 6.96. The summed E-state index contributed by atoms with van der Waals surface area (Å²) in [6.45, 7) is 0. The maximum Gasteiger partial charge on any atom is 0.0571 e. The summed E-state index contributed by atoms with van der Waals surface area (Å²) in [5, 5.41) is 14.9. The van der Waals surface area contributed by atoms with E-state index in [-0.39, 0.29) is 0 Å². The van der Waals surface area contributed by atoms with Gasteiger partial charge in [0.25, 0.3) is 0 Å². The molecule has 0 atom stereocenters. The van der Waals surface area contributed by atoms with Gasteiger partial charge in [0.1, 0.15) is 0 Å². The molecule has 0 spiro atoms. The molecule has 2 nitrogen and oxygen atoms in total. The Morgan fingerprint density at radius 3 is 1.70 bits per heavy atom. The highest BCUT2D eigenvalue weighted by Crippen LogP contribution is 2.48. The monoisotopic (exact) mass is 722 g/mol. The fourth-order valence-corrected chi connectivity index (χ4v) is 9.54. The van der Waals surface area contributed by atoms with Crippen LogP contribution in [0.25, 0.3) is 115 Å². The Morgan fingerprint density at radius 1 is 0.316 bits per heavy atom. The van der Waals surface area contributed by atoms with Gasteiger partial charge in [0, 0.05) is 28.9 Å². The van der Waals surface area contributed by atoms with Gasteiger partial charge in [-0.2, -0.15) is 0 Å². The van der Waals surface area contributed by atoms with Crippen LogP contribution >= 0.6 is 0 Å². The van der Waals surface area contributed by atoms with Crippen molar-refractivity contribution in [1.29, 1.82) is 0 Å². The minimum Gasteiger partial charge on any atom is -0.309 e. The summed E-state index contributed by atoms with van der Waals surface area (Å²) in [7, 11) is 0. The van der Waals surface area contributed by atoms with Gasteiger partial charge < -0.3 is 4.57 Å². The average Bonchev–Trinajstić information content (AvgIpc) is 3.62. The maximum atomic E-state index is 4.58. The summed E-state index contributed by atoms with van der Waals surface area (Å²) in [6.07, 6.45) is 3.90. The van der Waals surface area contributed by atoms with Gasteiger partial charge in [0.05, 0.1) is 11.0 Å². The molecule has 10 aromatic carbocycles. The lowest BCUT2D eigenvalue weighted by Crippen LogP contribution is -1.94. The average molecular weight is 723 g/mol. The normalized spacial score (nSPS) is 11.9. The first kappa shape index (κ1) is 31.8. The molecule has 0 N–H and O–H groups in total. The minimum atomic E-state index is 1.14. The predicted molar refractivity (Wildman–Crippen MR) is 242 cm³/mol. The van der Waals surface area contributed by atoms with Gasteiger partial charge >= 0.3 is 0 Å². The maximum absolute atomic E-state index is 4.58. The molecule has 2 heterocycles. The third-order valence-corrected chi connectivity index (χ3v) is 12.0. The zero-order valence-electron chi connectivity index (χ0n) is 31.0. The highest BCUT2D eigenvalue weighted by atomic mass is 15.0. The standard InChI is InChI=1S/C55H34N2/c1-2-16-39(17-3-1)57-52-28-26-37(31-48(52)51-34-56-30-29-53(51)57)36-25-27-47-50(32-36)54(44-24-12-15-35-13-4-6-18-40(35)44)45-22-10-11-23-46(45)55(47)49-33-38-14-5-7-19-41(38)42-20-8-9-21-43(42)49/h1-34H. The van der Waals surface area contributed by atoms with Crippen LogP contribution in [0.3, 0.4) is 0 Å². The number of fused-ring (bicyclic) bond motifs is 9. The van der Waals surface area contributed by atoms with Crippen molar-refractivity contribution in [3.05, 3.63) is 207 Å². The molecule has 264 valence electrons. The molecular weight excluding hydrogens is 689 g/mol. The van der Waals surface area contributed by atoms with E-state index in [2.05, 4.69) is 204 Å². The molecule has 0 bridgehead atoms. The molecule has 0 aliphatic carbocycles. The van der Waals surface area contributed by atoms with Gasteiger partial charge in [-0.15, -0.1) is 0 Å². The van der Waals surface area contributed by atoms with E-state index in [1.54, 1.807) is 0 Å². The van der Waals surface area contributed by atoms with Gasteiger partial charge in [-0.1, -0.05) is 152 Å². The summed E-state index contributed by atoms with van der Waals surface area (Å²) in [5.74, 6) is 0. The zero-order valence-corrected chi connectivity index (χ0v) is 31.0. The Balaban J connectivity index is 1.20. The third kappa shape index (κ3) is 4.81. The van der Waals surface area contributed by atoms with Crippen LogP contribution in [-0.2, 0) is 0 Å². The number of hydrogen-bond acceptors (Lipinski definition) is 1. The molecule has 0 saturated carbocycles. The first-order chi connectivity index (χ1) is 28.3. The lowest BCUT2D eigenvalue weighted by Gasteiger charge is -2.21. The second-order valence-electron chi connectivity index (χ2n) is 15.1. The van der Waals surface area contributed by atoms with Crippen molar-refractivity contribution in [1.82, 2.24) is 9.55 Å². The van der Waals surface area contributed by atoms with Crippen LogP contribution in [0.5, 0.6) is 0 Å². The summed E-state index contributed by atoms with van der Waals surface area (Å²) >= 11 is 0. The first-order valence-electron chi connectivity index (χ1n) is 19.6. The number of pyridine rings is 1. The van der Waals surface area contributed by atoms with Gasteiger partial charge in [0.2, 0.25) is 0 Å². The summed E-state index contributed by atoms with van der Waals surface area (Å²) < 4.78 is 2.35. The molecular formula is C55H34N2. The van der Waals surface area contributed by atoms with E-state index in [9.17, 15) is 0 Å². The van der Waals surface area contributed by atoms with Gasteiger partial charge in [-0.05, 0) is 130 Å². The number of benzene rings is 10. The second-order valence-corrected chi connectivity index (χ2v) is 15.1. The van der Waals surface area contributed by atoms with Crippen molar-refractivity contribution in [2.45, 2.75) is 0 Å². The molecule has 0 aliphatic heterocycles. The van der Waals surface area contributed by atoms with Crippen LogP contribution < -0.4 is 0 Å². The van der Waals surface area contributed by atoms with Crippen molar-refractivity contribution in [2.75, 3.05) is 0 Å². The smallest absolute Gasteiger partial charge is 0.0571 e. The van der Waals surface area contributed by atoms with Crippen LogP contribution in [0.1, 0.15) is 0 Å². The number of para-hydroxylation sites is 1. The van der Waals surface area contributed by atoms with Crippen LogP contribution in [0.15, 0.2) is 207 Å². The van der Waals surface area contributed by atoms with Crippen molar-refractivity contribution in [3.63, 3.8) is 0 Å². The molecule has 0 amide bonds. The Morgan fingerprint density at radius 2 is 0.895 bits per heavy atom. The van der Waals surface area contributed by atoms with Crippen molar-refractivity contribution in [3.8, 4) is 39.1 Å². The largest absolute Gasteiger partial charge is 0.309 e. The van der Waals surface area contributed by atoms with Crippen LogP contribution in [0.4, 0.5) is 0 Å². The second kappa shape index (κ2) is 12.5.